The number of amides is 1. The second-order valence-corrected chi connectivity index (χ2v) is 17.9. The van der Waals surface area contributed by atoms with E-state index in [0.29, 0.717) is 19.3 Å². The van der Waals surface area contributed by atoms with Gasteiger partial charge < -0.3 is 20.3 Å². The van der Waals surface area contributed by atoms with Crippen LogP contribution in [-0.4, -0.2) is 46.9 Å². The Morgan fingerprint density at radius 3 is 1.29 bits per heavy atom. The molecule has 0 saturated carbocycles. The Morgan fingerprint density at radius 1 is 0.484 bits per heavy atom. The first-order valence-electron chi connectivity index (χ1n) is 26.5. The number of ether oxygens (including phenoxy) is 1. The highest BCUT2D eigenvalue weighted by molar-refractivity contribution is 5.77. The number of aliphatic hydroxyl groups excluding tert-OH is 2. The number of rotatable bonds is 47. The van der Waals surface area contributed by atoms with E-state index in [1.165, 1.54) is 128 Å². The monoisotopic (exact) mass is 868 g/mol. The molecule has 3 atom stereocenters. The molecule has 62 heavy (non-hydrogen) atoms. The first kappa shape index (κ1) is 59.6. The van der Waals surface area contributed by atoms with Crippen molar-refractivity contribution in [1.29, 1.82) is 0 Å². The van der Waals surface area contributed by atoms with Crippen molar-refractivity contribution in [1.82, 2.24) is 5.32 Å². The van der Waals surface area contributed by atoms with E-state index in [-0.39, 0.29) is 24.9 Å². The van der Waals surface area contributed by atoms with E-state index >= 15 is 0 Å². The zero-order chi connectivity index (χ0) is 45.2. The molecule has 360 valence electrons. The van der Waals surface area contributed by atoms with Crippen LogP contribution in [0, 0.1) is 0 Å². The molecule has 6 heteroatoms. The van der Waals surface area contributed by atoms with Crippen molar-refractivity contribution >= 4 is 11.9 Å². The third-order valence-corrected chi connectivity index (χ3v) is 11.9. The lowest BCUT2D eigenvalue weighted by molar-refractivity contribution is -0.151. The van der Waals surface area contributed by atoms with Crippen LogP contribution in [0.15, 0.2) is 60.8 Å². The third kappa shape index (κ3) is 44.2. The van der Waals surface area contributed by atoms with Gasteiger partial charge in [-0.3, -0.25) is 9.59 Å². The minimum Gasteiger partial charge on any atom is -0.462 e. The predicted molar refractivity (Wildman–Crippen MR) is 268 cm³/mol. The molecule has 1 amide bonds. The molecule has 0 fully saturated rings. The van der Waals surface area contributed by atoms with Crippen LogP contribution in [0.4, 0.5) is 0 Å². The first-order chi connectivity index (χ1) is 30.5. The number of allylic oxidation sites excluding steroid dienone is 10. The Hall–Kier alpha value is -2.44. The molecule has 0 aromatic heterocycles. The van der Waals surface area contributed by atoms with Crippen molar-refractivity contribution in [3.8, 4) is 0 Å². The zero-order valence-corrected chi connectivity index (χ0v) is 41.0. The van der Waals surface area contributed by atoms with Gasteiger partial charge in [0.1, 0.15) is 6.10 Å². The average Bonchev–Trinajstić information content (AvgIpc) is 3.26. The van der Waals surface area contributed by atoms with E-state index in [1.807, 2.05) is 0 Å². The quantitative estimate of drug-likeness (QED) is 0.0322. The Labute approximate surface area is 384 Å². The molecule has 3 N–H and O–H groups in total. The van der Waals surface area contributed by atoms with Crippen molar-refractivity contribution in [3.63, 3.8) is 0 Å². The lowest BCUT2D eigenvalue weighted by atomic mass is 10.0. The number of hydrogen-bond donors (Lipinski definition) is 3. The SMILES string of the molecule is CC/C=C\C/C=C\C/C=C\C/C=C\C/C=C\CCCC(CC(=O)NC(CO)C(O)CCCCCCCCCCCCCCCC)OC(=O)CCCCCCCCCCCCCC. The van der Waals surface area contributed by atoms with Gasteiger partial charge in [0, 0.05) is 6.42 Å². The molecule has 0 saturated heterocycles. The van der Waals surface area contributed by atoms with E-state index in [9.17, 15) is 19.8 Å². The molecule has 0 spiro atoms. The van der Waals surface area contributed by atoms with Crippen LogP contribution >= 0.6 is 0 Å². The summed E-state index contributed by atoms with van der Waals surface area (Å²) in [6, 6.07) is -0.719. The van der Waals surface area contributed by atoms with Crippen LogP contribution < -0.4 is 5.32 Å². The van der Waals surface area contributed by atoms with E-state index in [0.717, 1.165) is 83.5 Å². The summed E-state index contributed by atoms with van der Waals surface area (Å²) in [5, 5.41) is 23.8. The van der Waals surface area contributed by atoms with Gasteiger partial charge in [-0.05, 0) is 64.2 Å². The number of unbranched alkanes of at least 4 members (excludes halogenated alkanes) is 25. The fraction of sp³-hybridized carbons (Fsp3) is 0.786. The summed E-state index contributed by atoms with van der Waals surface area (Å²) in [4.78, 5) is 26.1. The van der Waals surface area contributed by atoms with Gasteiger partial charge in [0.2, 0.25) is 5.91 Å². The number of nitrogens with one attached hydrogen (secondary N) is 1. The number of aliphatic hydroxyl groups is 2. The Kier molecular flexibility index (Phi) is 47.6. The summed E-state index contributed by atoms with van der Waals surface area (Å²) >= 11 is 0. The van der Waals surface area contributed by atoms with Crippen molar-refractivity contribution in [2.24, 2.45) is 0 Å². The van der Waals surface area contributed by atoms with E-state index in [1.54, 1.807) is 0 Å². The minimum absolute atomic E-state index is 0.0396. The number of carbonyl (C=O) groups is 2. The van der Waals surface area contributed by atoms with E-state index in [2.05, 4.69) is 86.8 Å². The molecule has 0 aliphatic rings. The van der Waals surface area contributed by atoms with Gasteiger partial charge in [0.15, 0.2) is 0 Å². The summed E-state index contributed by atoms with van der Waals surface area (Å²) in [5.41, 5.74) is 0. The molecule has 0 aliphatic heterocycles. The molecular formula is C56H101NO5. The van der Waals surface area contributed by atoms with Crippen LogP contribution in [0.25, 0.3) is 0 Å². The molecule has 0 radical (unpaired) electrons. The molecule has 0 rings (SSSR count). The minimum atomic E-state index is -0.802. The molecule has 0 aromatic carbocycles. The largest absolute Gasteiger partial charge is 0.462 e. The fourth-order valence-corrected chi connectivity index (χ4v) is 7.87. The number of esters is 1. The summed E-state index contributed by atoms with van der Waals surface area (Å²) in [7, 11) is 0. The highest BCUT2D eigenvalue weighted by atomic mass is 16.5. The Bertz CT molecular complexity index is 1110. The van der Waals surface area contributed by atoms with E-state index < -0.39 is 18.2 Å². The smallest absolute Gasteiger partial charge is 0.306 e. The van der Waals surface area contributed by atoms with Gasteiger partial charge in [-0.1, -0.05) is 242 Å². The number of hydrogen-bond acceptors (Lipinski definition) is 5. The third-order valence-electron chi connectivity index (χ3n) is 11.9. The zero-order valence-electron chi connectivity index (χ0n) is 41.0. The lowest BCUT2D eigenvalue weighted by Gasteiger charge is -2.24. The highest BCUT2D eigenvalue weighted by Crippen LogP contribution is 2.17. The Morgan fingerprint density at radius 2 is 0.871 bits per heavy atom. The second kappa shape index (κ2) is 49.6. The topological polar surface area (TPSA) is 95.9 Å². The van der Waals surface area contributed by atoms with Crippen LogP contribution in [0.2, 0.25) is 0 Å². The standard InChI is InChI=1S/C56H101NO5/c1-4-7-10-13-16-19-22-25-27-28-29-30-32-35-38-41-44-47-52(62-56(61)49-46-43-40-37-34-24-21-18-15-12-9-6-3)50-55(60)57-53(51-58)54(59)48-45-42-39-36-33-31-26-23-20-17-14-11-8-5-2/h7,10,16,19,25,27,29-30,35,38,52-54,58-59H,4-6,8-9,11-15,17-18,20-24,26,28,31-34,36-37,39-51H2,1-3H3,(H,57,60)/b10-7-,19-16-,27-25-,30-29-,38-35-. The van der Waals surface area contributed by atoms with Crippen LogP contribution in [0.1, 0.15) is 258 Å². The summed E-state index contributed by atoms with van der Waals surface area (Å²) in [5.74, 6) is -0.525. The molecule has 0 aliphatic carbocycles. The summed E-state index contributed by atoms with van der Waals surface area (Å²) in [6.07, 6.45) is 61.4. The molecule has 0 bridgehead atoms. The van der Waals surface area contributed by atoms with Gasteiger partial charge in [0.05, 0.1) is 25.2 Å². The van der Waals surface area contributed by atoms with E-state index in [4.69, 9.17) is 4.74 Å². The highest BCUT2D eigenvalue weighted by Gasteiger charge is 2.24. The first-order valence-corrected chi connectivity index (χ1v) is 26.5. The maximum atomic E-state index is 13.2. The molecule has 0 heterocycles. The van der Waals surface area contributed by atoms with Gasteiger partial charge >= 0.3 is 5.97 Å². The van der Waals surface area contributed by atoms with Gasteiger partial charge in [-0.25, -0.2) is 0 Å². The maximum Gasteiger partial charge on any atom is 0.306 e. The molecule has 6 nitrogen and oxygen atoms in total. The average molecular weight is 868 g/mol. The van der Waals surface area contributed by atoms with Gasteiger partial charge in [-0.15, -0.1) is 0 Å². The van der Waals surface area contributed by atoms with Crippen molar-refractivity contribution in [2.45, 2.75) is 277 Å². The molecule has 0 aromatic rings. The van der Waals surface area contributed by atoms with Gasteiger partial charge in [0.25, 0.3) is 0 Å². The van der Waals surface area contributed by atoms with Crippen molar-refractivity contribution < 1.29 is 24.5 Å². The summed E-state index contributed by atoms with van der Waals surface area (Å²) in [6.45, 7) is 6.36. The fourth-order valence-electron chi connectivity index (χ4n) is 7.87. The van der Waals surface area contributed by atoms with Gasteiger partial charge in [-0.2, -0.15) is 0 Å². The van der Waals surface area contributed by atoms with Crippen molar-refractivity contribution in [3.05, 3.63) is 60.8 Å². The second-order valence-electron chi connectivity index (χ2n) is 17.9. The van der Waals surface area contributed by atoms with Crippen molar-refractivity contribution in [2.75, 3.05) is 6.61 Å². The van der Waals surface area contributed by atoms with Crippen LogP contribution in [0.5, 0.6) is 0 Å². The molecule has 3 unspecified atom stereocenters. The lowest BCUT2D eigenvalue weighted by Crippen LogP contribution is -2.46. The predicted octanol–water partition coefficient (Wildman–Crippen LogP) is 16.0. The van der Waals surface area contributed by atoms with Crippen LogP contribution in [-0.2, 0) is 14.3 Å². The maximum absolute atomic E-state index is 13.2. The number of carbonyl (C=O) groups excluding carboxylic acids is 2. The van der Waals surface area contributed by atoms with Crippen LogP contribution in [0.3, 0.4) is 0 Å². The summed E-state index contributed by atoms with van der Waals surface area (Å²) < 4.78 is 5.91. The molecular weight excluding hydrogens is 767 g/mol. The normalized spacial score (nSPS) is 13.7. The Balaban J connectivity index is 4.67.